The monoisotopic (exact) mass is 187 g/mol. The summed E-state index contributed by atoms with van der Waals surface area (Å²) < 4.78 is 5.26. The van der Waals surface area contributed by atoms with Crippen molar-refractivity contribution in [3.05, 3.63) is 0 Å². The lowest BCUT2D eigenvalue weighted by Crippen LogP contribution is -2.52. The highest BCUT2D eigenvalue weighted by Crippen LogP contribution is 2.22. The van der Waals surface area contributed by atoms with Gasteiger partial charge in [0.2, 0.25) is 0 Å². The van der Waals surface area contributed by atoms with Gasteiger partial charge in [-0.25, -0.2) is 0 Å². The van der Waals surface area contributed by atoms with E-state index in [-0.39, 0.29) is 17.7 Å². The van der Waals surface area contributed by atoms with E-state index in [1.165, 1.54) is 0 Å². The topological polar surface area (TPSA) is 32.7 Å². The molecule has 0 aliphatic carbocycles. The number of hydrogen-bond donors (Lipinski definition) is 1. The lowest BCUT2D eigenvalue weighted by molar-refractivity contribution is 0.0286. The Kier molecular flexibility index (Phi) is 3.33. The van der Waals surface area contributed by atoms with Crippen LogP contribution in [0, 0.1) is 0 Å². The highest BCUT2D eigenvalue weighted by Gasteiger charge is 2.35. The summed E-state index contributed by atoms with van der Waals surface area (Å²) >= 11 is 0. The molecule has 0 radical (unpaired) electrons. The molecule has 0 aromatic carbocycles. The number of aliphatic hydroxyl groups excluding tert-OH is 1. The predicted molar refractivity (Wildman–Crippen MR) is 52.7 cm³/mol. The maximum absolute atomic E-state index is 9.69. The third kappa shape index (κ3) is 2.42. The van der Waals surface area contributed by atoms with Crippen molar-refractivity contribution in [2.24, 2.45) is 0 Å². The van der Waals surface area contributed by atoms with E-state index < -0.39 is 0 Å². The Balaban J connectivity index is 2.66. The molecular formula is C10H21NO2. The van der Waals surface area contributed by atoms with Gasteiger partial charge < -0.3 is 9.84 Å². The smallest absolute Gasteiger partial charge is 0.0951 e. The first-order valence-electron chi connectivity index (χ1n) is 4.99. The molecule has 3 heteroatoms. The number of rotatable bonds is 2. The van der Waals surface area contributed by atoms with Crippen LogP contribution >= 0.6 is 0 Å². The molecule has 2 atom stereocenters. The molecule has 0 aromatic rings. The molecule has 1 saturated heterocycles. The molecule has 1 heterocycles. The Hall–Kier alpha value is -0.120. The molecule has 1 aliphatic heterocycles. The van der Waals surface area contributed by atoms with Crippen LogP contribution in [-0.4, -0.2) is 47.4 Å². The molecule has 1 aliphatic rings. The van der Waals surface area contributed by atoms with Crippen molar-refractivity contribution in [2.45, 2.75) is 45.4 Å². The van der Waals surface area contributed by atoms with Crippen molar-refractivity contribution in [3.63, 3.8) is 0 Å². The molecule has 3 nitrogen and oxygen atoms in total. The fourth-order valence-corrected chi connectivity index (χ4v) is 2.04. The van der Waals surface area contributed by atoms with Crippen LogP contribution in [0.25, 0.3) is 0 Å². The number of ether oxygens (including phenoxy) is 1. The Morgan fingerprint density at radius 1 is 1.38 bits per heavy atom. The van der Waals surface area contributed by atoms with E-state index in [4.69, 9.17) is 4.74 Å². The minimum atomic E-state index is -0.320. The largest absolute Gasteiger partial charge is 0.389 e. The van der Waals surface area contributed by atoms with Crippen LogP contribution in [0.4, 0.5) is 0 Å². The molecule has 0 bridgehead atoms. The number of likely N-dealkylation sites (N-methyl/N-ethyl adjacent to an activating group) is 1. The quantitative estimate of drug-likeness (QED) is 0.696. The summed E-state index contributed by atoms with van der Waals surface area (Å²) in [6, 6.07) is 0.171. The molecule has 78 valence electrons. The van der Waals surface area contributed by atoms with E-state index in [9.17, 15) is 5.11 Å². The summed E-state index contributed by atoms with van der Waals surface area (Å²) in [5.41, 5.74) is 0.105. The summed E-state index contributed by atoms with van der Waals surface area (Å²) in [6.45, 7) is 10.7. The maximum Gasteiger partial charge on any atom is 0.0951 e. The first-order chi connectivity index (χ1) is 5.96. The van der Waals surface area contributed by atoms with Crippen LogP contribution in [-0.2, 0) is 4.74 Å². The molecule has 0 saturated carbocycles. The van der Waals surface area contributed by atoms with Gasteiger partial charge in [0.05, 0.1) is 25.4 Å². The third-order valence-corrected chi connectivity index (χ3v) is 2.62. The average Bonchev–Trinajstić information content (AvgIpc) is 2.35. The maximum atomic E-state index is 9.69. The second kappa shape index (κ2) is 3.95. The van der Waals surface area contributed by atoms with Gasteiger partial charge in [0.25, 0.3) is 0 Å². The van der Waals surface area contributed by atoms with E-state index in [0.29, 0.717) is 13.2 Å². The Bertz CT molecular complexity index is 165. The van der Waals surface area contributed by atoms with Crippen molar-refractivity contribution < 1.29 is 9.84 Å². The summed E-state index contributed by atoms with van der Waals surface area (Å²) in [4.78, 5) is 2.30. The average molecular weight is 187 g/mol. The van der Waals surface area contributed by atoms with Crippen molar-refractivity contribution in [3.8, 4) is 0 Å². The van der Waals surface area contributed by atoms with Crippen LogP contribution in [0.3, 0.4) is 0 Å². The third-order valence-electron chi connectivity index (χ3n) is 2.62. The van der Waals surface area contributed by atoms with E-state index in [0.717, 1.165) is 6.54 Å². The molecular weight excluding hydrogens is 166 g/mol. The molecule has 1 fully saturated rings. The predicted octanol–water partition coefficient (Wildman–Crippen LogP) is 0.866. The summed E-state index contributed by atoms with van der Waals surface area (Å²) in [5.74, 6) is 0. The molecule has 0 spiro atoms. The molecule has 1 N–H and O–H groups in total. The SMILES string of the molecule is CCN([C@@H]1COC[C@H]1O)C(C)(C)C. The minimum absolute atomic E-state index is 0.105. The Labute approximate surface area is 80.7 Å². The van der Waals surface area contributed by atoms with Crippen LogP contribution < -0.4 is 0 Å². The Morgan fingerprint density at radius 2 is 2.00 bits per heavy atom. The number of hydrogen-bond acceptors (Lipinski definition) is 3. The summed E-state index contributed by atoms with van der Waals surface area (Å²) in [6.07, 6.45) is -0.320. The lowest BCUT2D eigenvalue weighted by Gasteiger charge is -2.39. The summed E-state index contributed by atoms with van der Waals surface area (Å²) in [5, 5.41) is 9.69. The van der Waals surface area contributed by atoms with Gasteiger partial charge >= 0.3 is 0 Å². The normalized spacial score (nSPS) is 30.0. The van der Waals surface area contributed by atoms with Gasteiger partial charge in [0.1, 0.15) is 0 Å². The van der Waals surface area contributed by atoms with Gasteiger partial charge in [-0.15, -0.1) is 0 Å². The van der Waals surface area contributed by atoms with E-state index in [1.807, 2.05) is 0 Å². The van der Waals surface area contributed by atoms with Crippen molar-refractivity contribution in [1.82, 2.24) is 4.90 Å². The van der Waals surface area contributed by atoms with Crippen LogP contribution in [0.15, 0.2) is 0 Å². The van der Waals surface area contributed by atoms with E-state index in [1.54, 1.807) is 0 Å². The van der Waals surface area contributed by atoms with Crippen molar-refractivity contribution in [1.29, 1.82) is 0 Å². The van der Waals surface area contributed by atoms with Gasteiger partial charge in [0.15, 0.2) is 0 Å². The van der Waals surface area contributed by atoms with Crippen LogP contribution in [0.5, 0.6) is 0 Å². The highest BCUT2D eigenvalue weighted by molar-refractivity contribution is 4.89. The fourth-order valence-electron chi connectivity index (χ4n) is 2.04. The van der Waals surface area contributed by atoms with E-state index >= 15 is 0 Å². The molecule has 1 rings (SSSR count). The second-order valence-corrected chi connectivity index (χ2v) is 4.63. The van der Waals surface area contributed by atoms with Gasteiger partial charge in [-0.2, -0.15) is 0 Å². The summed E-state index contributed by atoms with van der Waals surface area (Å²) in [7, 11) is 0. The van der Waals surface area contributed by atoms with Crippen LogP contribution in [0.2, 0.25) is 0 Å². The van der Waals surface area contributed by atoms with Gasteiger partial charge in [0, 0.05) is 5.54 Å². The first kappa shape index (κ1) is 11.0. The van der Waals surface area contributed by atoms with Crippen molar-refractivity contribution >= 4 is 0 Å². The number of nitrogens with zero attached hydrogens (tertiary/aromatic N) is 1. The zero-order valence-electron chi connectivity index (χ0n) is 9.08. The van der Waals surface area contributed by atoms with E-state index in [2.05, 4.69) is 32.6 Å². The Morgan fingerprint density at radius 3 is 2.31 bits per heavy atom. The second-order valence-electron chi connectivity index (χ2n) is 4.63. The molecule has 13 heavy (non-hydrogen) atoms. The van der Waals surface area contributed by atoms with Gasteiger partial charge in [-0.3, -0.25) is 4.90 Å². The van der Waals surface area contributed by atoms with Crippen molar-refractivity contribution in [2.75, 3.05) is 19.8 Å². The molecule has 0 amide bonds. The zero-order chi connectivity index (χ0) is 10.1. The highest BCUT2D eigenvalue weighted by atomic mass is 16.5. The minimum Gasteiger partial charge on any atom is -0.389 e. The first-order valence-corrected chi connectivity index (χ1v) is 4.99. The van der Waals surface area contributed by atoms with Gasteiger partial charge in [-0.1, -0.05) is 6.92 Å². The lowest BCUT2D eigenvalue weighted by atomic mass is 10.0. The standard InChI is InChI=1S/C10H21NO2/c1-5-11(10(2,3)4)8-6-13-7-9(8)12/h8-9,12H,5-7H2,1-4H3/t8-,9-/m1/s1. The zero-order valence-corrected chi connectivity index (χ0v) is 9.08. The molecule has 0 aromatic heterocycles. The van der Waals surface area contributed by atoms with Gasteiger partial charge in [-0.05, 0) is 27.3 Å². The van der Waals surface area contributed by atoms with Crippen LogP contribution in [0.1, 0.15) is 27.7 Å². The molecule has 0 unspecified atom stereocenters. The number of aliphatic hydroxyl groups is 1. The fraction of sp³-hybridized carbons (Fsp3) is 1.00.